The Balaban J connectivity index is 1.80. The molecule has 2 aromatic rings. The number of nitrogens with zero attached hydrogens (tertiary/aromatic N) is 1. The van der Waals surface area contributed by atoms with E-state index in [-0.39, 0.29) is 12.0 Å². The number of fused-ring (bicyclic) bond motifs is 1. The summed E-state index contributed by atoms with van der Waals surface area (Å²) >= 11 is -0.329. The first-order valence-corrected chi connectivity index (χ1v) is 15.3. The van der Waals surface area contributed by atoms with Crippen LogP contribution in [0, 0.1) is 0 Å². The van der Waals surface area contributed by atoms with Crippen LogP contribution in [0.2, 0.25) is 4.31 Å². The maximum absolute atomic E-state index is 14.6. The number of anilines is 1. The molecule has 5 rings (SSSR count). The Morgan fingerprint density at radius 1 is 1.24 bits per heavy atom. The van der Waals surface area contributed by atoms with E-state index in [4.69, 9.17) is 4.74 Å². The monoisotopic (exact) mass is 636 g/mol. The minimum absolute atomic E-state index is 0.0138. The van der Waals surface area contributed by atoms with Gasteiger partial charge in [-0.05, 0) is 0 Å². The number of ether oxygens (including phenoxy) is 1. The molecule has 0 bridgehead atoms. The molecule has 0 aromatic heterocycles. The van der Waals surface area contributed by atoms with Gasteiger partial charge in [0, 0.05) is 0 Å². The molecule has 2 aliphatic heterocycles. The van der Waals surface area contributed by atoms with Crippen molar-refractivity contribution >= 4 is 52.5 Å². The third-order valence-corrected chi connectivity index (χ3v) is 12.7. The van der Waals surface area contributed by atoms with Crippen molar-refractivity contribution in [3.05, 3.63) is 81.6 Å². The summed E-state index contributed by atoms with van der Waals surface area (Å²) in [5.74, 6) is -0.316. The Kier molecular flexibility index (Phi) is 6.57. The van der Waals surface area contributed by atoms with Crippen molar-refractivity contribution < 1.29 is 13.4 Å². The number of benzene rings is 2. The summed E-state index contributed by atoms with van der Waals surface area (Å²) < 4.78 is 22.3. The van der Waals surface area contributed by atoms with Crippen LogP contribution in [0.25, 0.3) is 0 Å². The van der Waals surface area contributed by atoms with Crippen LogP contribution in [0.4, 0.5) is 5.69 Å². The molecular formula is C27H29IN2O3Se. The van der Waals surface area contributed by atoms with E-state index in [2.05, 4.69) is 68.1 Å². The Morgan fingerprint density at radius 3 is 2.68 bits per heavy atom. The van der Waals surface area contributed by atoms with E-state index in [9.17, 15) is 8.63 Å². The van der Waals surface area contributed by atoms with Gasteiger partial charge in [0.1, 0.15) is 0 Å². The molecule has 34 heavy (non-hydrogen) atoms. The van der Waals surface area contributed by atoms with Crippen molar-refractivity contribution in [2.45, 2.75) is 42.0 Å². The van der Waals surface area contributed by atoms with E-state index in [1.807, 2.05) is 36.4 Å². The Bertz CT molecular complexity index is 1200. The van der Waals surface area contributed by atoms with Crippen molar-refractivity contribution in [1.82, 2.24) is 4.90 Å². The number of halogens is 1. The maximum atomic E-state index is 14.6. The van der Waals surface area contributed by atoms with Crippen LogP contribution in [0.5, 0.6) is 0 Å². The number of esters is 1. The fraction of sp³-hybridized carbons (Fsp3) is 0.370. The van der Waals surface area contributed by atoms with Gasteiger partial charge in [0.2, 0.25) is 0 Å². The molecule has 4 atom stereocenters. The molecule has 1 aliphatic carbocycles. The molecule has 1 spiro atoms. The number of para-hydroxylation sites is 1. The number of carbonyl (C=O) groups is 1. The van der Waals surface area contributed by atoms with Crippen LogP contribution in [-0.4, -0.2) is 50.9 Å². The van der Waals surface area contributed by atoms with Crippen LogP contribution >= 0.6 is 22.6 Å². The van der Waals surface area contributed by atoms with E-state index < -0.39 is 23.6 Å². The topological polar surface area (TPSA) is 58.6 Å². The van der Waals surface area contributed by atoms with Gasteiger partial charge in [-0.3, -0.25) is 0 Å². The van der Waals surface area contributed by atoms with Gasteiger partial charge >= 0.3 is 220 Å². The predicted octanol–water partition coefficient (Wildman–Crippen LogP) is 4.68. The standard InChI is InChI=1S/C27H29IN2O3Se/c1-3-26(34(32)19-10-5-4-6-11-19)18-20(24(31)33-2)23-27(21-12-7-8-13-22(21)29-23)14-17-30(25(26)27)16-9-15-28/h4-13,15,25,29H,3,14,16-18H2,1-2H3/b15-9-/t25-,26-,27-,34?/m0/s1. The molecule has 178 valence electrons. The summed E-state index contributed by atoms with van der Waals surface area (Å²) in [4.78, 5) is 15.7. The molecule has 0 saturated carbocycles. The van der Waals surface area contributed by atoms with E-state index in [0.717, 1.165) is 41.8 Å². The van der Waals surface area contributed by atoms with Gasteiger partial charge in [-0.25, -0.2) is 0 Å². The Labute approximate surface area is 218 Å². The first-order chi connectivity index (χ1) is 16.5. The van der Waals surface area contributed by atoms with E-state index in [0.29, 0.717) is 12.0 Å². The molecule has 2 aromatic carbocycles. The van der Waals surface area contributed by atoms with E-state index >= 15 is 0 Å². The summed E-state index contributed by atoms with van der Waals surface area (Å²) in [6.45, 7) is 3.83. The third kappa shape index (κ3) is 3.39. The van der Waals surface area contributed by atoms with Gasteiger partial charge in [-0.1, -0.05) is 0 Å². The summed E-state index contributed by atoms with van der Waals surface area (Å²) in [6, 6.07) is 18.3. The van der Waals surface area contributed by atoms with Crippen LogP contribution < -0.4 is 9.78 Å². The Morgan fingerprint density at radius 2 is 1.97 bits per heavy atom. The van der Waals surface area contributed by atoms with E-state index in [1.165, 1.54) is 12.7 Å². The number of likely N-dealkylation sites (tertiary alicyclic amines) is 1. The molecule has 3 aliphatic rings. The zero-order valence-electron chi connectivity index (χ0n) is 19.4. The van der Waals surface area contributed by atoms with Crippen LogP contribution in [0.1, 0.15) is 31.7 Å². The molecule has 0 radical (unpaired) electrons. The molecule has 1 unspecified atom stereocenters. The normalized spacial score (nSPS) is 28.9. The minimum atomic E-state index is -2.59. The van der Waals surface area contributed by atoms with Gasteiger partial charge in [0.15, 0.2) is 0 Å². The van der Waals surface area contributed by atoms with Crippen molar-refractivity contribution in [1.29, 1.82) is 0 Å². The van der Waals surface area contributed by atoms with Crippen molar-refractivity contribution in [2.24, 2.45) is 0 Å². The van der Waals surface area contributed by atoms with Gasteiger partial charge in [0.05, 0.1) is 0 Å². The summed E-state index contributed by atoms with van der Waals surface area (Å²) in [6.07, 6.45) is 4.23. The summed E-state index contributed by atoms with van der Waals surface area (Å²) in [5.41, 5.74) is 3.46. The van der Waals surface area contributed by atoms with E-state index in [1.54, 1.807) is 0 Å². The van der Waals surface area contributed by atoms with Gasteiger partial charge < -0.3 is 0 Å². The Hall–Kier alpha value is -1.80. The first-order valence-electron chi connectivity index (χ1n) is 11.7. The van der Waals surface area contributed by atoms with Gasteiger partial charge in [-0.15, -0.1) is 0 Å². The molecule has 0 amide bonds. The molecular weight excluding hydrogens is 606 g/mol. The molecule has 1 saturated heterocycles. The number of hydrogen-bond acceptors (Lipinski definition) is 5. The molecule has 1 N–H and O–H groups in total. The number of rotatable bonds is 6. The fourth-order valence-corrected chi connectivity index (χ4v) is 10.8. The average molecular weight is 635 g/mol. The summed E-state index contributed by atoms with van der Waals surface area (Å²) in [7, 11) is 1.44. The quantitative estimate of drug-likeness (QED) is 0.284. The van der Waals surface area contributed by atoms with Gasteiger partial charge in [0.25, 0.3) is 0 Å². The second-order valence-electron chi connectivity index (χ2n) is 9.17. The summed E-state index contributed by atoms with van der Waals surface area (Å²) in [5, 5.41) is 3.63. The second kappa shape index (κ2) is 9.34. The molecule has 5 nitrogen and oxygen atoms in total. The first kappa shape index (κ1) is 23.9. The average Bonchev–Trinajstić information content (AvgIpc) is 3.44. The fourth-order valence-electron chi connectivity index (χ4n) is 6.48. The zero-order valence-corrected chi connectivity index (χ0v) is 23.3. The molecule has 7 heteroatoms. The molecule has 1 fully saturated rings. The predicted molar refractivity (Wildman–Crippen MR) is 144 cm³/mol. The SMILES string of the molecule is CC[C@]1([Se](=O)c2ccccc2)CC(C(=O)OC)=C2Nc3ccccc3[C@@]23CCN(C/C=C\I)[C@@H]13. The van der Waals surface area contributed by atoms with Crippen LogP contribution in [0.3, 0.4) is 0 Å². The van der Waals surface area contributed by atoms with Crippen LogP contribution in [-0.2, 0) is 18.8 Å². The number of methoxy groups -OCH3 is 1. The third-order valence-electron chi connectivity index (χ3n) is 7.80. The number of carbonyl (C=O) groups excluding carboxylic acids is 1. The number of hydrogen-bond donors (Lipinski definition) is 1. The van der Waals surface area contributed by atoms with Gasteiger partial charge in [-0.2, -0.15) is 0 Å². The van der Waals surface area contributed by atoms with Crippen molar-refractivity contribution in [3.8, 4) is 0 Å². The van der Waals surface area contributed by atoms with Crippen LogP contribution in [0.15, 0.2) is 76.0 Å². The van der Waals surface area contributed by atoms with Crippen molar-refractivity contribution in [2.75, 3.05) is 25.5 Å². The zero-order chi connectivity index (χ0) is 23.9. The second-order valence-corrected chi connectivity index (χ2v) is 13.7. The number of nitrogens with one attached hydrogen (secondary N) is 1. The molecule has 2 heterocycles. The van der Waals surface area contributed by atoms with Crippen molar-refractivity contribution in [3.63, 3.8) is 0 Å².